The van der Waals surface area contributed by atoms with Crippen LogP contribution < -0.4 is 0 Å². The average molecular weight is 268 g/mol. The van der Waals surface area contributed by atoms with Crippen LogP contribution in [0, 0.1) is 5.82 Å². The summed E-state index contributed by atoms with van der Waals surface area (Å²) < 4.78 is 13.1. The van der Waals surface area contributed by atoms with Crippen molar-refractivity contribution in [2.45, 2.75) is 20.4 Å². The summed E-state index contributed by atoms with van der Waals surface area (Å²) >= 11 is 0. The molecular weight excluding hydrogens is 247 g/mol. The number of amides is 1. The third kappa shape index (κ3) is 4.52. The van der Waals surface area contributed by atoms with Gasteiger partial charge in [0, 0.05) is 25.2 Å². The van der Waals surface area contributed by atoms with Gasteiger partial charge in [0.2, 0.25) is 5.91 Å². The van der Waals surface area contributed by atoms with Gasteiger partial charge < -0.3 is 10.0 Å². The lowest BCUT2D eigenvalue weighted by atomic mass is 10.2. The van der Waals surface area contributed by atoms with E-state index < -0.39 is 5.82 Å². The minimum Gasteiger partial charge on any atom is -0.508 e. The highest BCUT2D eigenvalue weighted by Crippen LogP contribution is 2.19. The van der Waals surface area contributed by atoms with Crippen molar-refractivity contribution < 1.29 is 14.3 Å². The van der Waals surface area contributed by atoms with Crippen molar-refractivity contribution in [2.75, 3.05) is 26.7 Å². The average Bonchev–Trinajstić information content (AvgIpc) is 2.35. The molecule has 1 amide bonds. The standard InChI is InChI=1S/C14H21FN2O2/c1-4-17(5-2)14(19)10-16(3)9-11-8-12(15)6-7-13(11)18/h6-8,18H,4-5,9-10H2,1-3H3. The Morgan fingerprint density at radius 1 is 1.32 bits per heavy atom. The van der Waals surface area contributed by atoms with E-state index in [1.165, 1.54) is 18.2 Å². The summed E-state index contributed by atoms with van der Waals surface area (Å²) in [6.45, 7) is 5.79. The first-order valence-electron chi connectivity index (χ1n) is 6.41. The van der Waals surface area contributed by atoms with Crippen LogP contribution in [0.15, 0.2) is 18.2 Å². The smallest absolute Gasteiger partial charge is 0.236 e. The van der Waals surface area contributed by atoms with E-state index in [0.717, 1.165) is 0 Å². The van der Waals surface area contributed by atoms with Crippen molar-refractivity contribution in [3.63, 3.8) is 0 Å². The Balaban J connectivity index is 2.62. The normalized spacial score (nSPS) is 10.8. The van der Waals surface area contributed by atoms with Crippen molar-refractivity contribution >= 4 is 5.91 Å². The predicted molar refractivity (Wildman–Crippen MR) is 72.3 cm³/mol. The minimum absolute atomic E-state index is 0.0309. The summed E-state index contributed by atoms with van der Waals surface area (Å²) in [6.07, 6.45) is 0. The Bertz CT molecular complexity index is 433. The summed E-state index contributed by atoms with van der Waals surface area (Å²) in [7, 11) is 1.77. The quantitative estimate of drug-likeness (QED) is 0.856. The fourth-order valence-electron chi connectivity index (χ4n) is 1.93. The zero-order valence-corrected chi connectivity index (χ0v) is 11.7. The molecular formula is C14H21FN2O2. The highest BCUT2D eigenvalue weighted by molar-refractivity contribution is 5.78. The van der Waals surface area contributed by atoms with E-state index in [1.807, 2.05) is 13.8 Å². The maximum atomic E-state index is 13.1. The number of carbonyl (C=O) groups is 1. The minimum atomic E-state index is -0.392. The number of likely N-dealkylation sites (N-methyl/N-ethyl adjacent to an activating group) is 2. The van der Waals surface area contributed by atoms with Crippen LogP contribution in [-0.4, -0.2) is 47.5 Å². The number of phenols is 1. The van der Waals surface area contributed by atoms with Crippen LogP contribution in [0.4, 0.5) is 4.39 Å². The van der Waals surface area contributed by atoms with Gasteiger partial charge in [0.1, 0.15) is 11.6 Å². The van der Waals surface area contributed by atoms with Gasteiger partial charge in [-0.2, -0.15) is 0 Å². The number of hydrogen-bond donors (Lipinski definition) is 1. The van der Waals surface area contributed by atoms with E-state index in [9.17, 15) is 14.3 Å². The lowest BCUT2D eigenvalue weighted by molar-refractivity contribution is -0.131. The Morgan fingerprint density at radius 3 is 2.53 bits per heavy atom. The monoisotopic (exact) mass is 268 g/mol. The summed E-state index contributed by atoms with van der Waals surface area (Å²) in [6, 6.07) is 3.82. The van der Waals surface area contributed by atoms with E-state index in [4.69, 9.17) is 0 Å². The van der Waals surface area contributed by atoms with Crippen LogP contribution in [0.2, 0.25) is 0 Å². The van der Waals surface area contributed by atoms with Gasteiger partial charge in [0.15, 0.2) is 0 Å². The molecule has 0 saturated carbocycles. The van der Waals surface area contributed by atoms with Gasteiger partial charge in [-0.3, -0.25) is 9.69 Å². The highest BCUT2D eigenvalue weighted by Gasteiger charge is 2.14. The second-order valence-corrected chi connectivity index (χ2v) is 4.51. The highest BCUT2D eigenvalue weighted by atomic mass is 19.1. The molecule has 0 fully saturated rings. The molecule has 5 heteroatoms. The van der Waals surface area contributed by atoms with Crippen molar-refractivity contribution in [1.82, 2.24) is 9.80 Å². The zero-order chi connectivity index (χ0) is 14.4. The van der Waals surface area contributed by atoms with E-state index in [-0.39, 0.29) is 18.2 Å². The first kappa shape index (κ1) is 15.4. The summed E-state index contributed by atoms with van der Waals surface area (Å²) in [5, 5.41) is 9.63. The zero-order valence-electron chi connectivity index (χ0n) is 11.7. The molecule has 1 aromatic rings. The lowest BCUT2D eigenvalue weighted by Gasteiger charge is -2.23. The second kappa shape index (κ2) is 7.09. The first-order valence-corrected chi connectivity index (χ1v) is 6.41. The maximum absolute atomic E-state index is 13.1. The van der Waals surface area contributed by atoms with E-state index in [0.29, 0.717) is 25.2 Å². The van der Waals surface area contributed by atoms with Crippen molar-refractivity contribution in [2.24, 2.45) is 0 Å². The molecule has 0 atom stereocenters. The predicted octanol–water partition coefficient (Wildman–Crippen LogP) is 1.83. The van der Waals surface area contributed by atoms with Crippen LogP contribution in [0.1, 0.15) is 19.4 Å². The largest absolute Gasteiger partial charge is 0.508 e. The number of nitrogens with zero attached hydrogens (tertiary/aromatic N) is 2. The summed E-state index contributed by atoms with van der Waals surface area (Å²) in [5.41, 5.74) is 0.481. The number of hydrogen-bond acceptors (Lipinski definition) is 3. The third-order valence-corrected chi connectivity index (χ3v) is 3.00. The molecule has 1 N–H and O–H groups in total. The molecule has 0 heterocycles. The molecule has 0 aliphatic rings. The summed E-state index contributed by atoms with van der Waals surface area (Å²) in [4.78, 5) is 15.4. The van der Waals surface area contributed by atoms with Crippen LogP contribution in [0.5, 0.6) is 5.75 Å². The number of aromatic hydroxyl groups is 1. The molecule has 1 aromatic carbocycles. The molecule has 0 aromatic heterocycles. The van der Waals surface area contributed by atoms with Crippen LogP contribution in [0.25, 0.3) is 0 Å². The van der Waals surface area contributed by atoms with Crippen molar-refractivity contribution in [3.05, 3.63) is 29.6 Å². The molecule has 19 heavy (non-hydrogen) atoms. The SMILES string of the molecule is CCN(CC)C(=O)CN(C)Cc1cc(F)ccc1O. The molecule has 0 unspecified atom stereocenters. The third-order valence-electron chi connectivity index (χ3n) is 3.00. The first-order chi connectivity index (χ1) is 8.97. The number of rotatable bonds is 6. The molecule has 0 spiro atoms. The van der Waals surface area contributed by atoms with Crippen molar-refractivity contribution in [1.29, 1.82) is 0 Å². The molecule has 0 radical (unpaired) electrons. The summed E-state index contributed by atoms with van der Waals surface area (Å²) in [5.74, 6) is -0.316. The molecule has 0 bridgehead atoms. The van der Waals surface area contributed by atoms with Gasteiger partial charge in [0.25, 0.3) is 0 Å². The fourth-order valence-corrected chi connectivity index (χ4v) is 1.93. The Morgan fingerprint density at radius 2 is 1.95 bits per heavy atom. The van der Waals surface area contributed by atoms with E-state index in [2.05, 4.69) is 0 Å². The number of phenolic OH excluding ortho intramolecular Hbond substituents is 1. The van der Waals surface area contributed by atoms with Crippen LogP contribution >= 0.6 is 0 Å². The van der Waals surface area contributed by atoms with E-state index >= 15 is 0 Å². The van der Waals surface area contributed by atoms with Crippen LogP contribution in [0.3, 0.4) is 0 Å². The molecule has 1 rings (SSSR count). The maximum Gasteiger partial charge on any atom is 0.236 e. The fraction of sp³-hybridized carbons (Fsp3) is 0.500. The lowest BCUT2D eigenvalue weighted by Crippen LogP contribution is -2.38. The molecule has 0 saturated heterocycles. The van der Waals surface area contributed by atoms with Crippen LogP contribution in [-0.2, 0) is 11.3 Å². The molecule has 106 valence electrons. The van der Waals surface area contributed by atoms with E-state index in [1.54, 1.807) is 16.8 Å². The van der Waals surface area contributed by atoms with Crippen molar-refractivity contribution in [3.8, 4) is 5.75 Å². The van der Waals surface area contributed by atoms with Gasteiger partial charge in [-0.15, -0.1) is 0 Å². The van der Waals surface area contributed by atoms with Gasteiger partial charge in [0.05, 0.1) is 6.54 Å². The molecule has 0 aliphatic heterocycles. The van der Waals surface area contributed by atoms with Gasteiger partial charge in [-0.1, -0.05) is 0 Å². The Hall–Kier alpha value is -1.62. The number of carbonyl (C=O) groups excluding carboxylic acids is 1. The Labute approximate surface area is 113 Å². The van der Waals surface area contributed by atoms with Gasteiger partial charge in [-0.05, 0) is 39.1 Å². The van der Waals surface area contributed by atoms with Gasteiger partial charge in [-0.25, -0.2) is 4.39 Å². The Kier molecular flexibility index (Phi) is 5.76. The molecule has 0 aliphatic carbocycles. The topological polar surface area (TPSA) is 43.8 Å². The number of halogens is 1. The molecule has 4 nitrogen and oxygen atoms in total. The van der Waals surface area contributed by atoms with Gasteiger partial charge >= 0.3 is 0 Å². The number of benzene rings is 1. The second-order valence-electron chi connectivity index (χ2n) is 4.51.